The van der Waals surface area contributed by atoms with E-state index in [0.29, 0.717) is 6.54 Å². The number of rotatable bonds is 1. The van der Waals surface area contributed by atoms with Crippen LogP contribution in [0.4, 0.5) is 11.5 Å². The Morgan fingerprint density at radius 1 is 1.44 bits per heavy atom. The third-order valence-corrected chi connectivity index (χ3v) is 3.39. The minimum atomic E-state index is -0.0423. The summed E-state index contributed by atoms with van der Waals surface area (Å²) in [6.07, 6.45) is 4.34. The van der Waals surface area contributed by atoms with Crippen molar-refractivity contribution in [1.82, 2.24) is 4.98 Å². The Hall–Kier alpha value is -1.76. The second kappa shape index (κ2) is 3.67. The molecular weight excluding hydrogens is 200 g/mol. The molecule has 0 radical (unpaired) electrons. The van der Waals surface area contributed by atoms with E-state index >= 15 is 0 Å². The average Bonchev–Trinajstić information content (AvgIpc) is 2.97. The van der Waals surface area contributed by atoms with Gasteiger partial charge in [0.1, 0.15) is 5.82 Å². The number of aromatic nitrogens is 1. The first-order valence-corrected chi connectivity index (χ1v) is 5.77. The van der Waals surface area contributed by atoms with Crippen molar-refractivity contribution in [3.63, 3.8) is 0 Å². The third kappa shape index (κ3) is 1.32. The highest BCUT2D eigenvalue weighted by molar-refractivity contribution is 5.69. The molecule has 1 N–H and O–H groups in total. The molecule has 1 atom stereocenters. The van der Waals surface area contributed by atoms with Crippen LogP contribution < -0.4 is 10.2 Å². The lowest BCUT2D eigenvalue weighted by Crippen LogP contribution is -2.19. The zero-order valence-corrected chi connectivity index (χ0v) is 9.11. The molecule has 1 saturated heterocycles. The molecule has 0 aliphatic carbocycles. The van der Waals surface area contributed by atoms with Crippen molar-refractivity contribution in [2.75, 3.05) is 29.9 Å². The van der Waals surface area contributed by atoms with Gasteiger partial charge < -0.3 is 10.2 Å². The van der Waals surface area contributed by atoms with Crippen molar-refractivity contribution < 1.29 is 0 Å². The summed E-state index contributed by atoms with van der Waals surface area (Å²) in [4.78, 5) is 6.67. The lowest BCUT2D eigenvalue weighted by atomic mass is 10.0. The van der Waals surface area contributed by atoms with E-state index in [2.05, 4.69) is 21.3 Å². The quantitative estimate of drug-likeness (QED) is 0.773. The molecular formula is C12H14N4. The minimum Gasteiger partial charge on any atom is -0.371 e. The van der Waals surface area contributed by atoms with E-state index in [1.165, 1.54) is 18.5 Å². The first-order chi connectivity index (χ1) is 7.90. The number of hydrogen-bond donors (Lipinski definition) is 1. The number of fused-ring (bicyclic) bond motifs is 1. The molecule has 4 nitrogen and oxygen atoms in total. The van der Waals surface area contributed by atoms with Crippen molar-refractivity contribution in [1.29, 1.82) is 5.26 Å². The third-order valence-electron chi connectivity index (χ3n) is 3.39. The van der Waals surface area contributed by atoms with Crippen LogP contribution in [0.25, 0.3) is 0 Å². The highest BCUT2D eigenvalue weighted by atomic mass is 15.2. The second-order valence-corrected chi connectivity index (χ2v) is 4.35. The topological polar surface area (TPSA) is 52.0 Å². The number of pyridine rings is 1. The summed E-state index contributed by atoms with van der Waals surface area (Å²) < 4.78 is 0. The molecule has 2 aliphatic heterocycles. The number of nitrogens with zero attached hydrogens (tertiary/aromatic N) is 3. The molecule has 0 bridgehead atoms. The van der Waals surface area contributed by atoms with Gasteiger partial charge in [-0.25, -0.2) is 4.98 Å². The lowest BCUT2D eigenvalue weighted by Gasteiger charge is -2.21. The standard InChI is InChI=1S/C12H14N4/c13-7-9-8-15-12-11(9)10(3-4-14-12)16-5-1-2-6-16/h3-4,9H,1-2,5-6,8H2,(H,14,15). The highest BCUT2D eigenvalue weighted by Gasteiger charge is 2.28. The Labute approximate surface area is 94.9 Å². The SMILES string of the molecule is N#CC1CNc2nccc(N3CCCC3)c21. The number of nitriles is 1. The summed E-state index contributed by atoms with van der Waals surface area (Å²) in [6, 6.07) is 4.40. The molecule has 1 unspecified atom stereocenters. The van der Waals surface area contributed by atoms with Gasteiger partial charge in [-0.15, -0.1) is 0 Å². The molecule has 0 aromatic carbocycles. The van der Waals surface area contributed by atoms with Crippen LogP contribution in [0.5, 0.6) is 0 Å². The fourth-order valence-corrected chi connectivity index (χ4v) is 2.59. The molecule has 0 amide bonds. The largest absolute Gasteiger partial charge is 0.371 e. The van der Waals surface area contributed by atoms with Crippen molar-refractivity contribution >= 4 is 11.5 Å². The summed E-state index contributed by atoms with van der Waals surface area (Å²) in [6.45, 7) is 2.91. The fourth-order valence-electron chi connectivity index (χ4n) is 2.59. The number of nitrogens with one attached hydrogen (secondary N) is 1. The predicted molar refractivity (Wildman–Crippen MR) is 62.5 cm³/mol. The summed E-state index contributed by atoms with van der Waals surface area (Å²) in [5.41, 5.74) is 2.31. The van der Waals surface area contributed by atoms with Crippen LogP contribution in [0.1, 0.15) is 24.3 Å². The Bertz CT molecular complexity index is 443. The van der Waals surface area contributed by atoms with E-state index in [4.69, 9.17) is 5.26 Å². The van der Waals surface area contributed by atoms with E-state index in [1.54, 1.807) is 0 Å². The molecule has 82 valence electrons. The summed E-state index contributed by atoms with van der Waals surface area (Å²) in [5, 5.41) is 12.3. The maximum absolute atomic E-state index is 9.14. The van der Waals surface area contributed by atoms with Crippen molar-refractivity contribution in [3.8, 4) is 6.07 Å². The van der Waals surface area contributed by atoms with E-state index < -0.39 is 0 Å². The van der Waals surface area contributed by atoms with Crippen LogP contribution in [-0.4, -0.2) is 24.6 Å². The van der Waals surface area contributed by atoms with Gasteiger partial charge in [0.05, 0.1) is 12.0 Å². The number of hydrogen-bond acceptors (Lipinski definition) is 4. The minimum absolute atomic E-state index is 0.0423. The Kier molecular flexibility index (Phi) is 2.17. The van der Waals surface area contributed by atoms with Crippen molar-refractivity contribution in [3.05, 3.63) is 17.8 Å². The highest BCUT2D eigenvalue weighted by Crippen LogP contribution is 2.38. The average molecular weight is 214 g/mol. The molecule has 2 aliphatic rings. The smallest absolute Gasteiger partial charge is 0.132 e. The summed E-state index contributed by atoms with van der Waals surface area (Å²) in [7, 11) is 0. The lowest BCUT2D eigenvalue weighted by molar-refractivity contribution is 0.915. The molecule has 3 heterocycles. The van der Waals surface area contributed by atoms with Crippen LogP contribution >= 0.6 is 0 Å². The van der Waals surface area contributed by atoms with E-state index in [1.807, 2.05) is 12.3 Å². The molecule has 16 heavy (non-hydrogen) atoms. The summed E-state index contributed by atoms with van der Waals surface area (Å²) >= 11 is 0. The van der Waals surface area contributed by atoms with Crippen LogP contribution in [0, 0.1) is 11.3 Å². The molecule has 1 fully saturated rings. The molecule has 0 saturated carbocycles. The first kappa shape index (κ1) is 9.46. The van der Waals surface area contributed by atoms with Gasteiger partial charge >= 0.3 is 0 Å². The molecule has 1 aromatic rings. The van der Waals surface area contributed by atoms with Gasteiger partial charge in [0.15, 0.2) is 0 Å². The van der Waals surface area contributed by atoms with E-state index in [9.17, 15) is 0 Å². The molecule has 4 heteroatoms. The normalized spacial score (nSPS) is 22.7. The van der Waals surface area contributed by atoms with Gasteiger partial charge in [-0.3, -0.25) is 0 Å². The zero-order valence-electron chi connectivity index (χ0n) is 9.11. The fraction of sp³-hybridized carbons (Fsp3) is 0.500. The van der Waals surface area contributed by atoms with E-state index in [0.717, 1.165) is 24.5 Å². The van der Waals surface area contributed by atoms with E-state index in [-0.39, 0.29) is 5.92 Å². The maximum atomic E-state index is 9.14. The number of anilines is 2. The van der Waals surface area contributed by atoms with Gasteiger partial charge in [0.2, 0.25) is 0 Å². The van der Waals surface area contributed by atoms with Gasteiger partial charge in [0.25, 0.3) is 0 Å². The van der Waals surface area contributed by atoms with Crippen LogP contribution in [0.2, 0.25) is 0 Å². The van der Waals surface area contributed by atoms with Crippen LogP contribution in [0.15, 0.2) is 12.3 Å². The van der Waals surface area contributed by atoms with Crippen LogP contribution in [-0.2, 0) is 0 Å². The van der Waals surface area contributed by atoms with Crippen molar-refractivity contribution in [2.45, 2.75) is 18.8 Å². The first-order valence-electron chi connectivity index (χ1n) is 5.77. The van der Waals surface area contributed by atoms with Gasteiger partial charge in [-0.05, 0) is 18.9 Å². The molecule has 3 rings (SSSR count). The predicted octanol–water partition coefficient (Wildman–Crippen LogP) is 1.71. The Morgan fingerprint density at radius 2 is 2.25 bits per heavy atom. The van der Waals surface area contributed by atoms with Crippen LogP contribution in [0.3, 0.4) is 0 Å². The van der Waals surface area contributed by atoms with Gasteiger partial charge in [-0.1, -0.05) is 0 Å². The van der Waals surface area contributed by atoms with Crippen molar-refractivity contribution in [2.24, 2.45) is 0 Å². The van der Waals surface area contributed by atoms with Gasteiger partial charge in [-0.2, -0.15) is 5.26 Å². The monoisotopic (exact) mass is 214 g/mol. The maximum Gasteiger partial charge on any atom is 0.132 e. The molecule has 0 spiro atoms. The van der Waals surface area contributed by atoms with Gasteiger partial charge in [0, 0.05) is 37.1 Å². The molecule has 1 aromatic heterocycles. The zero-order chi connectivity index (χ0) is 11.0. The Morgan fingerprint density at radius 3 is 3.00 bits per heavy atom. The Balaban J connectivity index is 2.06. The second-order valence-electron chi connectivity index (χ2n) is 4.35. The summed E-state index contributed by atoms with van der Waals surface area (Å²) in [5.74, 6) is 0.857.